The smallest absolute Gasteiger partial charge is 0.328 e. The number of hydrogen-bond acceptors (Lipinski definition) is 6. The van der Waals surface area contributed by atoms with Crippen LogP contribution in [0.25, 0.3) is 22.3 Å². The minimum atomic E-state index is -0.979. The normalized spacial score (nSPS) is 20.0. The third kappa shape index (κ3) is 3.28. The number of carbonyl (C=O) groups is 3. The molecule has 1 aliphatic carbocycles. The SMILES string of the molecule is COC(=O)[C@@H]1CC2(CN1C(=O)CNC(=O)c1ccc3c(c1)-c1ccccc1-3)OCCO2. The van der Waals surface area contributed by atoms with Gasteiger partial charge in [0.25, 0.3) is 5.91 Å². The maximum Gasteiger partial charge on any atom is 0.328 e. The molecule has 31 heavy (non-hydrogen) atoms. The van der Waals surface area contributed by atoms with Crippen LogP contribution in [0.2, 0.25) is 0 Å². The molecule has 2 saturated heterocycles. The maximum absolute atomic E-state index is 12.8. The number of amides is 2. The molecule has 0 unspecified atom stereocenters. The van der Waals surface area contributed by atoms with Crippen molar-refractivity contribution < 1.29 is 28.6 Å². The van der Waals surface area contributed by atoms with Crippen LogP contribution in [0.1, 0.15) is 16.8 Å². The van der Waals surface area contributed by atoms with Crippen LogP contribution in [-0.2, 0) is 23.8 Å². The van der Waals surface area contributed by atoms with Crippen LogP contribution in [0, 0.1) is 0 Å². The number of fused-ring (bicyclic) bond motifs is 4. The van der Waals surface area contributed by atoms with Crippen molar-refractivity contribution in [3.05, 3.63) is 48.0 Å². The van der Waals surface area contributed by atoms with E-state index in [1.165, 1.54) is 17.6 Å². The van der Waals surface area contributed by atoms with E-state index in [0.29, 0.717) is 18.8 Å². The van der Waals surface area contributed by atoms with Crippen molar-refractivity contribution in [3.63, 3.8) is 0 Å². The first-order valence-corrected chi connectivity index (χ1v) is 10.2. The van der Waals surface area contributed by atoms with Crippen LogP contribution in [0.15, 0.2) is 42.5 Å². The van der Waals surface area contributed by atoms with Gasteiger partial charge in [-0.2, -0.15) is 0 Å². The Bertz CT molecular complexity index is 1080. The lowest BCUT2D eigenvalue weighted by Crippen LogP contribution is -2.46. The van der Waals surface area contributed by atoms with Crippen LogP contribution in [-0.4, -0.2) is 67.9 Å². The van der Waals surface area contributed by atoms with Crippen molar-refractivity contribution in [2.24, 2.45) is 0 Å². The van der Waals surface area contributed by atoms with Crippen molar-refractivity contribution in [2.75, 3.05) is 33.4 Å². The highest BCUT2D eigenvalue weighted by atomic mass is 16.7. The van der Waals surface area contributed by atoms with Crippen LogP contribution in [0.4, 0.5) is 0 Å². The summed E-state index contributed by atoms with van der Waals surface area (Å²) in [7, 11) is 1.28. The molecule has 1 atom stereocenters. The van der Waals surface area contributed by atoms with E-state index in [9.17, 15) is 14.4 Å². The second-order valence-corrected chi connectivity index (χ2v) is 7.86. The van der Waals surface area contributed by atoms with Gasteiger partial charge in [0.15, 0.2) is 5.79 Å². The fourth-order valence-electron chi connectivity index (χ4n) is 4.55. The van der Waals surface area contributed by atoms with Gasteiger partial charge in [-0.05, 0) is 34.4 Å². The molecule has 2 aromatic carbocycles. The topological polar surface area (TPSA) is 94.2 Å². The summed E-state index contributed by atoms with van der Waals surface area (Å²) in [5.41, 5.74) is 4.90. The largest absolute Gasteiger partial charge is 0.467 e. The zero-order valence-corrected chi connectivity index (χ0v) is 17.1. The summed E-state index contributed by atoms with van der Waals surface area (Å²) in [6.07, 6.45) is 0.212. The Labute approximate surface area is 179 Å². The quantitative estimate of drug-likeness (QED) is 0.642. The minimum Gasteiger partial charge on any atom is -0.467 e. The van der Waals surface area contributed by atoms with E-state index in [1.807, 2.05) is 36.4 Å². The van der Waals surface area contributed by atoms with Gasteiger partial charge in [-0.3, -0.25) is 9.59 Å². The molecule has 2 amide bonds. The number of nitrogens with one attached hydrogen (secondary N) is 1. The van der Waals surface area contributed by atoms with E-state index in [2.05, 4.69) is 5.32 Å². The molecule has 8 heteroatoms. The van der Waals surface area contributed by atoms with Crippen LogP contribution in [0.5, 0.6) is 0 Å². The summed E-state index contributed by atoms with van der Waals surface area (Å²) in [5.74, 6) is -2.25. The summed E-state index contributed by atoms with van der Waals surface area (Å²) in [6, 6.07) is 12.7. The molecular formula is C23H22N2O6. The number of hydrogen-bond donors (Lipinski definition) is 1. The number of esters is 1. The monoisotopic (exact) mass is 422 g/mol. The lowest BCUT2D eigenvalue weighted by molar-refractivity contribution is -0.152. The molecule has 8 nitrogen and oxygen atoms in total. The van der Waals surface area contributed by atoms with Crippen molar-refractivity contribution in [3.8, 4) is 22.3 Å². The van der Waals surface area contributed by atoms with E-state index in [-0.39, 0.29) is 25.4 Å². The van der Waals surface area contributed by atoms with E-state index in [1.54, 1.807) is 6.07 Å². The van der Waals surface area contributed by atoms with Crippen molar-refractivity contribution >= 4 is 17.8 Å². The number of nitrogens with zero attached hydrogens (tertiary/aromatic N) is 1. The summed E-state index contributed by atoms with van der Waals surface area (Å²) < 4.78 is 16.1. The van der Waals surface area contributed by atoms with Gasteiger partial charge in [-0.25, -0.2) is 4.79 Å². The Morgan fingerprint density at radius 2 is 1.74 bits per heavy atom. The average molecular weight is 422 g/mol. The van der Waals surface area contributed by atoms with Gasteiger partial charge in [-0.1, -0.05) is 30.3 Å². The van der Waals surface area contributed by atoms with E-state index < -0.39 is 23.7 Å². The summed E-state index contributed by atoms with van der Waals surface area (Å²) in [5, 5.41) is 2.66. The predicted octanol–water partition coefficient (Wildman–Crippen LogP) is 1.58. The summed E-state index contributed by atoms with van der Waals surface area (Å²) in [6.45, 7) is 0.704. The van der Waals surface area contributed by atoms with Crippen molar-refractivity contribution in [1.82, 2.24) is 10.2 Å². The molecule has 2 heterocycles. The van der Waals surface area contributed by atoms with Crippen LogP contribution in [0.3, 0.4) is 0 Å². The zero-order chi connectivity index (χ0) is 21.6. The molecule has 160 valence electrons. The number of carbonyl (C=O) groups excluding carboxylic acids is 3. The first kappa shape index (κ1) is 19.7. The van der Waals surface area contributed by atoms with E-state index in [4.69, 9.17) is 14.2 Å². The third-order valence-corrected chi connectivity index (χ3v) is 6.09. The molecule has 2 aliphatic heterocycles. The maximum atomic E-state index is 12.8. The summed E-state index contributed by atoms with van der Waals surface area (Å²) in [4.78, 5) is 39.1. The van der Waals surface area contributed by atoms with E-state index in [0.717, 1.165) is 16.7 Å². The van der Waals surface area contributed by atoms with Gasteiger partial charge in [0.05, 0.1) is 33.4 Å². The van der Waals surface area contributed by atoms with Crippen molar-refractivity contribution in [2.45, 2.75) is 18.2 Å². The Kier molecular flexibility index (Phi) is 4.75. The molecule has 0 aromatic heterocycles. The zero-order valence-electron chi connectivity index (χ0n) is 17.1. The molecule has 0 bridgehead atoms. The highest BCUT2D eigenvalue weighted by Crippen LogP contribution is 2.47. The highest BCUT2D eigenvalue weighted by Gasteiger charge is 2.52. The van der Waals surface area contributed by atoms with Crippen molar-refractivity contribution in [1.29, 1.82) is 0 Å². The van der Waals surface area contributed by atoms with Gasteiger partial charge in [0, 0.05) is 12.0 Å². The van der Waals surface area contributed by atoms with Gasteiger partial charge in [0.1, 0.15) is 6.04 Å². The molecule has 1 spiro atoms. The first-order valence-electron chi connectivity index (χ1n) is 10.2. The number of likely N-dealkylation sites (tertiary alicyclic amines) is 1. The standard InChI is InChI=1S/C23H22N2O6/c1-29-22(28)19-11-23(30-8-9-31-23)13-25(19)20(26)12-24-21(27)14-6-7-17-15-4-2-3-5-16(15)18(17)10-14/h2-7,10,19H,8-9,11-13H2,1H3,(H,24,27)/t19-/m0/s1. The van der Waals surface area contributed by atoms with Crippen LogP contribution >= 0.6 is 0 Å². The molecule has 3 aliphatic rings. The van der Waals surface area contributed by atoms with Gasteiger partial charge >= 0.3 is 5.97 Å². The van der Waals surface area contributed by atoms with E-state index >= 15 is 0 Å². The molecule has 5 rings (SSSR count). The third-order valence-electron chi connectivity index (χ3n) is 6.09. The number of benzene rings is 2. The molecule has 0 radical (unpaired) electrons. The minimum absolute atomic E-state index is 0.122. The Morgan fingerprint density at radius 1 is 1.06 bits per heavy atom. The van der Waals surface area contributed by atoms with Gasteiger partial charge in [0.2, 0.25) is 5.91 Å². The number of methoxy groups -OCH3 is 1. The number of ether oxygens (including phenoxy) is 3. The van der Waals surface area contributed by atoms with Crippen LogP contribution < -0.4 is 5.32 Å². The highest BCUT2D eigenvalue weighted by molar-refractivity contribution is 6.06. The Hall–Kier alpha value is -3.23. The predicted molar refractivity (Wildman–Crippen MR) is 110 cm³/mol. The average Bonchev–Trinajstić information content (AvgIpc) is 3.41. The molecule has 2 aromatic rings. The molecule has 1 N–H and O–H groups in total. The van der Waals surface area contributed by atoms with Gasteiger partial charge in [-0.15, -0.1) is 0 Å². The second kappa shape index (κ2) is 7.47. The fourth-order valence-corrected chi connectivity index (χ4v) is 4.55. The Balaban J connectivity index is 1.25. The van der Waals surface area contributed by atoms with Gasteiger partial charge < -0.3 is 24.4 Å². The molecular weight excluding hydrogens is 400 g/mol. The Morgan fingerprint density at radius 3 is 2.45 bits per heavy atom. The lowest BCUT2D eigenvalue weighted by Gasteiger charge is -2.25. The lowest BCUT2D eigenvalue weighted by atomic mass is 9.80. The second-order valence-electron chi connectivity index (χ2n) is 7.86. The first-order chi connectivity index (χ1) is 15.0. The fraction of sp³-hybridized carbons (Fsp3) is 0.348. The molecule has 0 saturated carbocycles. The molecule has 2 fully saturated rings. The summed E-state index contributed by atoms with van der Waals surface area (Å²) >= 11 is 0. The number of rotatable bonds is 4.